The normalized spacial score (nSPS) is 10.8. The van der Waals surface area contributed by atoms with Crippen LogP contribution in [0.5, 0.6) is 5.75 Å². The van der Waals surface area contributed by atoms with Crippen molar-refractivity contribution in [3.8, 4) is 11.4 Å². The van der Waals surface area contributed by atoms with Crippen LogP contribution in [0, 0.1) is 0 Å². The molecule has 3 aromatic rings. The number of hydrogen-bond acceptors (Lipinski definition) is 5. The molecule has 0 spiro atoms. The number of benzene rings is 2. The van der Waals surface area contributed by atoms with Crippen LogP contribution in [0.3, 0.4) is 0 Å². The summed E-state index contributed by atoms with van der Waals surface area (Å²) in [4.78, 5) is 47.3. The second kappa shape index (κ2) is 5.65. The quantitative estimate of drug-likeness (QED) is 0.560. The Kier molecular flexibility index (Phi) is 3.64. The molecule has 1 N–H and O–H groups in total. The predicted octanol–water partition coefficient (Wildman–Crippen LogP) is 1.07. The van der Waals surface area contributed by atoms with Gasteiger partial charge in [-0.2, -0.15) is 4.68 Å². The Morgan fingerprint density at radius 2 is 1.67 bits per heavy atom. The van der Waals surface area contributed by atoms with Gasteiger partial charge in [-0.05, 0) is 22.9 Å². The minimum absolute atomic E-state index is 0.0510. The zero-order chi connectivity index (χ0) is 17.4. The lowest BCUT2D eigenvalue weighted by atomic mass is 10.1. The minimum Gasteiger partial charge on any atom is -0.424 e. The third-order valence-corrected chi connectivity index (χ3v) is 3.43. The summed E-state index contributed by atoms with van der Waals surface area (Å²) in [5.74, 6) is -1.18. The van der Waals surface area contributed by atoms with E-state index < -0.39 is 23.3 Å². The van der Waals surface area contributed by atoms with Gasteiger partial charge in [0.15, 0.2) is 5.75 Å². The summed E-state index contributed by atoms with van der Waals surface area (Å²) in [6.07, 6.45) is 0. The second-order valence-corrected chi connectivity index (χ2v) is 5.15. The Labute approximate surface area is 134 Å². The van der Waals surface area contributed by atoms with Gasteiger partial charge in [0.25, 0.3) is 0 Å². The van der Waals surface area contributed by atoms with Gasteiger partial charge in [-0.3, -0.25) is 9.59 Å². The van der Waals surface area contributed by atoms with Crippen LogP contribution in [0.1, 0.15) is 18.6 Å². The number of aromatic amines is 1. The average molecular weight is 327 g/mol. The molecule has 0 saturated heterocycles. The summed E-state index contributed by atoms with van der Waals surface area (Å²) in [7, 11) is 0. The molecule has 0 unspecified atom stereocenters. The second-order valence-electron chi connectivity index (χ2n) is 5.15. The van der Waals surface area contributed by atoms with Crippen molar-refractivity contribution >= 4 is 22.6 Å². The number of aromatic nitrogens is 3. The van der Waals surface area contributed by atoms with E-state index in [4.69, 9.17) is 4.74 Å². The number of H-pyrrole nitrogens is 1. The maximum Gasteiger partial charge on any atom is 0.359 e. The number of rotatable bonds is 2. The van der Waals surface area contributed by atoms with Crippen LogP contribution in [0.15, 0.2) is 46.0 Å². The van der Waals surface area contributed by atoms with Gasteiger partial charge in [-0.15, -0.1) is 0 Å². The van der Waals surface area contributed by atoms with E-state index in [0.29, 0.717) is 4.68 Å². The van der Waals surface area contributed by atoms with Crippen LogP contribution in [-0.2, 0) is 4.79 Å². The van der Waals surface area contributed by atoms with Crippen molar-refractivity contribution < 1.29 is 14.3 Å². The number of fused-ring (bicyclic) bond motifs is 1. The number of nitrogens with zero attached hydrogens (tertiary/aromatic N) is 2. The first kappa shape index (κ1) is 15.5. The van der Waals surface area contributed by atoms with Gasteiger partial charge in [0.1, 0.15) is 0 Å². The highest BCUT2D eigenvalue weighted by Gasteiger charge is 2.18. The minimum atomic E-state index is -0.865. The van der Waals surface area contributed by atoms with Gasteiger partial charge in [0.05, 0.1) is 5.69 Å². The molecular formula is C16H13N3O5. The Morgan fingerprint density at radius 1 is 1.04 bits per heavy atom. The smallest absolute Gasteiger partial charge is 0.359 e. The Morgan fingerprint density at radius 3 is 2.21 bits per heavy atom. The highest BCUT2D eigenvalue weighted by atomic mass is 16.5. The molecule has 8 nitrogen and oxygen atoms in total. The van der Waals surface area contributed by atoms with Crippen LogP contribution in [0.25, 0.3) is 16.5 Å². The molecule has 1 heterocycles. The van der Waals surface area contributed by atoms with E-state index in [1.165, 1.54) is 6.92 Å². The molecule has 0 atom stereocenters. The first-order chi connectivity index (χ1) is 11.4. The molecule has 3 rings (SSSR count). The molecule has 0 saturated carbocycles. The highest BCUT2D eigenvalue weighted by molar-refractivity contribution is 5.88. The van der Waals surface area contributed by atoms with E-state index in [2.05, 4.69) is 5.10 Å². The number of esters is 1. The summed E-state index contributed by atoms with van der Waals surface area (Å²) >= 11 is 0. The third-order valence-electron chi connectivity index (χ3n) is 3.43. The highest BCUT2D eigenvalue weighted by Crippen LogP contribution is 2.28. The maximum atomic E-state index is 12.3. The van der Waals surface area contributed by atoms with Crippen molar-refractivity contribution in [3.05, 3.63) is 57.4 Å². The van der Waals surface area contributed by atoms with E-state index in [-0.39, 0.29) is 11.4 Å². The summed E-state index contributed by atoms with van der Waals surface area (Å²) in [6.45, 7) is 2.36. The molecule has 0 aliphatic rings. The van der Waals surface area contributed by atoms with Crippen molar-refractivity contribution in [2.45, 2.75) is 13.8 Å². The fourth-order valence-electron chi connectivity index (χ4n) is 2.42. The first-order valence-corrected chi connectivity index (χ1v) is 7.05. The number of hydrogen-bond donors (Lipinski definition) is 1. The molecule has 0 amide bonds. The summed E-state index contributed by atoms with van der Waals surface area (Å²) < 4.78 is 6.49. The number of ether oxygens (including phenoxy) is 1. The zero-order valence-corrected chi connectivity index (χ0v) is 12.9. The lowest BCUT2D eigenvalue weighted by molar-refractivity contribution is -0.131. The van der Waals surface area contributed by atoms with Crippen molar-refractivity contribution in [1.29, 1.82) is 0 Å². The fraction of sp³-hybridized carbons (Fsp3) is 0.125. The molecule has 0 radical (unpaired) electrons. The zero-order valence-electron chi connectivity index (χ0n) is 12.9. The monoisotopic (exact) mass is 327 g/mol. The SMILES string of the molecule is CC(=O)Oc1cc2ccccc2cc1-n1c(=O)[nH]n(C(C)=O)c1=O. The van der Waals surface area contributed by atoms with Crippen molar-refractivity contribution in [3.63, 3.8) is 0 Å². The first-order valence-electron chi connectivity index (χ1n) is 7.05. The molecule has 0 fully saturated rings. The van der Waals surface area contributed by atoms with E-state index in [1.54, 1.807) is 30.3 Å². The van der Waals surface area contributed by atoms with Gasteiger partial charge in [0.2, 0.25) is 5.91 Å². The fourth-order valence-corrected chi connectivity index (χ4v) is 2.42. The molecule has 0 aliphatic carbocycles. The maximum absolute atomic E-state index is 12.3. The molecule has 2 aromatic carbocycles. The molecule has 0 aliphatic heterocycles. The summed E-state index contributed by atoms with van der Waals surface area (Å²) in [5.41, 5.74) is -1.59. The van der Waals surface area contributed by atoms with Crippen LogP contribution < -0.4 is 16.1 Å². The third kappa shape index (κ3) is 2.54. The number of nitrogens with one attached hydrogen (secondary N) is 1. The lowest BCUT2D eigenvalue weighted by Crippen LogP contribution is -2.29. The van der Waals surface area contributed by atoms with E-state index in [0.717, 1.165) is 22.3 Å². The molecule has 8 heteroatoms. The van der Waals surface area contributed by atoms with Gasteiger partial charge >= 0.3 is 17.3 Å². The summed E-state index contributed by atoms with van der Waals surface area (Å²) in [5, 5.41) is 3.67. The van der Waals surface area contributed by atoms with Gasteiger partial charge in [-0.1, -0.05) is 24.3 Å². The van der Waals surface area contributed by atoms with Crippen LogP contribution in [0.2, 0.25) is 0 Å². The molecule has 122 valence electrons. The Hall–Kier alpha value is -3.42. The van der Waals surface area contributed by atoms with E-state index in [1.807, 2.05) is 6.07 Å². The largest absolute Gasteiger partial charge is 0.424 e. The number of carbonyl (C=O) groups is 2. The van der Waals surface area contributed by atoms with Crippen LogP contribution in [0.4, 0.5) is 0 Å². The molecule has 1 aromatic heterocycles. The van der Waals surface area contributed by atoms with Gasteiger partial charge in [0, 0.05) is 13.8 Å². The van der Waals surface area contributed by atoms with Gasteiger partial charge < -0.3 is 4.74 Å². The van der Waals surface area contributed by atoms with Crippen molar-refractivity contribution in [2.75, 3.05) is 0 Å². The topological polar surface area (TPSA) is 103 Å². The Bertz CT molecular complexity index is 1090. The van der Waals surface area contributed by atoms with E-state index >= 15 is 0 Å². The Balaban J connectivity index is 2.36. The molecular weight excluding hydrogens is 314 g/mol. The molecule has 24 heavy (non-hydrogen) atoms. The lowest BCUT2D eigenvalue weighted by Gasteiger charge is -2.10. The summed E-state index contributed by atoms with van der Waals surface area (Å²) in [6, 6.07) is 10.3. The van der Waals surface area contributed by atoms with Crippen LogP contribution in [-0.4, -0.2) is 26.2 Å². The number of carbonyl (C=O) groups excluding carboxylic acids is 2. The molecule has 0 bridgehead atoms. The van der Waals surface area contributed by atoms with Crippen molar-refractivity contribution in [2.24, 2.45) is 0 Å². The van der Waals surface area contributed by atoms with Crippen molar-refractivity contribution in [1.82, 2.24) is 14.3 Å². The van der Waals surface area contributed by atoms with Gasteiger partial charge in [-0.25, -0.2) is 19.3 Å². The predicted molar refractivity (Wildman–Crippen MR) is 85.8 cm³/mol. The van der Waals surface area contributed by atoms with Crippen LogP contribution >= 0.6 is 0 Å². The average Bonchev–Trinajstić information content (AvgIpc) is 2.81. The standard InChI is InChI=1S/C16H13N3O5/c1-9(20)19-16(23)18(15(22)17-19)13-7-11-5-3-4-6-12(11)8-14(13)24-10(2)21/h3-8H,1-2H3,(H,17,22). The van der Waals surface area contributed by atoms with E-state index in [9.17, 15) is 19.2 Å².